The number of carboxylic acid groups (broad SMARTS) is 2. The van der Waals surface area contributed by atoms with Gasteiger partial charge < -0.3 is 37.6 Å². The molecule has 13 heteroatoms. The quantitative estimate of drug-likeness (QED) is 0.151. The lowest BCUT2D eigenvalue weighted by molar-refractivity contribution is -0.143. The lowest BCUT2D eigenvalue weighted by Gasteiger charge is -2.26. The molecule has 0 spiro atoms. The summed E-state index contributed by atoms with van der Waals surface area (Å²) < 4.78 is 0. The molecule has 0 aromatic rings. The standard InChI is InChI=1S/C17H29N5O8/c1-8(2)14(16(28)21-10(17(29)30)4-6-13(25)26)22-15(27)9(3-5-11(19)23)20-12(24)7-18/h8-10,14H,3-7,18H2,1-2H3,(H2,19,23)(H,20,24)(H,21,28)(H,22,27)(H,25,26)(H,29,30). The Morgan fingerprint density at radius 1 is 0.833 bits per heavy atom. The minimum atomic E-state index is -1.46. The highest BCUT2D eigenvalue weighted by molar-refractivity contribution is 5.94. The molecular formula is C17H29N5O8. The van der Waals surface area contributed by atoms with Crippen molar-refractivity contribution < 1.29 is 39.0 Å². The second-order valence-electron chi connectivity index (χ2n) is 6.89. The molecule has 0 heterocycles. The van der Waals surface area contributed by atoms with Crippen molar-refractivity contribution in [2.45, 2.75) is 57.7 Å². The predicted molar refractivity (Wildman–Crippen MR) is 103 cm³/mol. The monoisotopic (exact) mass is 431 g/mol. The van der Waals surface area contributed by atoms with E-state index in [2.05, 4.69) is 16.0 Å². The van der Waals surface area contributed by atoms with Gasteiger partial charge in [-0.05, 0) is 18.8 Å². The fraction of sp³-hybridized carbons (Fsp3) is 0.647. The maximum Gasteiger partial charge on any atom is 0.326 e. The molecule has 0 aliphatic carbocycles. The number of nitrogens with two attached hydrogens (primary N) is 2. The first kappa shape index (κ1) is 26.8. The number of carbonyl (C=O) groups excluding carboxylic acids is 4. The van der Waals surface area contributed by atoms with E-state index in [1.165, 1.54) is 0 Å². The zero-order valence-corrected chi connectivity index (χ0v) is 16.8. The molecule has 0 aromatic heterocycles. The molecule has 3 unspecified atom stereocenters. The summed E-state index contributed by atoms with van der Waals surface area (Å²) >= 11 is 0. The van der Waals surface area contributed by atoms with Gasteiger partial charge in [-0.3, -0.25) is 24.0 Å². The van der Waals surface area contributed by atoms with Crippen LogP contribution in [0.3, 0.4) is 0 Å². The molecule has 0 saturated carbocycles. The molecule has 0 aliphatic heterocycles. The van der Waals surface area contributed by atoms with Crippen LogP contribution in [0.25, 0.3) is 0 Å². The lowest BCUT2D eigenvalue weighted by Crippen LogP contribution is -2.57. The Bertz CT molecular complexity index is 667. The van der Waals surface area contributed by atoms with Crippen LogP contribution in [0.2, 0.25) is 0 Å². The van der Waals surface area contributed by atoms with Gasteiger partial charge in [-0.15, -0.1) is 0 Å². The Morgan fingerprint density at radius 2 is 1.40 bits per heavy atom. The van der Waals surface area contributed by atoms with Gasteiger partial charge in [-0.25, -0.2) is 4.79 Å². The Kier molecular flexibility index (Phi) is 11.7. The van der Waals surface area contributed by atoms with Crippen LogP contribution in [-0.2, 0) is 28.8 Å². The Balaban J connectivity index is 5.30. The number of carbonyl (C=O) groups is 6. The molecular weight excluding hydrogens is 402 g/mol. The number of primary amides is 1. The molecule has 0 rings (SSSR count). The Labute approximate surface area is 172 Å². The summed E-state index contributed by atoms with van der Waals surface area (Å²) in [6.07, 6.45) is -1.16. The number of hydrogen-bond acceptors (Lipinski definition) is 7. The number of rotatable bonds is 14. The topological polar surface area (TPSA) is 231 Å². The second kappa shape index (κ2) is 13.1. The van der Waals surface area contributed by atoms with Crippen LogP contribution >= 0.6 is 0 Å². The molecule has 4 amide bonds. The van der Waals surface area contributed by atoms with E-state index >= 15 is 0 Å². The second-order valence-corrected chi connectivity index (χ2v) is 6.89. The van der Waals surface area contributed by atoms with Gasteiger partial charge in [0.1, 0.15) is 18.1 Å². The highest BCUT2D eigenvalue weighted by Gasteiger charge is 2.31. The largest absolute Gasteiger partial charge is 0.481 e. The molecule has 170 valence electrons. The lowest BCUT2D eigenvalue weighted by atomic mass is 10.0. The van der Waals surface area contributed by atoms with Crippen LogP contribution in [0.5, 0.6) is 0 Å². The first-order valence-electron chi connectivity index (χ1n) is 9.22. The van der Waals surface area contributed by atoms with Gasteiger partial charge >= 0.3 is 11.9 Å². The van der Waals surface area contributed by atoms with Gasteiger partial charge in [-0.1, -0.05) is 13.8 Å². The summed E-state index contributed by atoms with van der Waals surface area (Å²) in [7, 11) is 0. The normalized spacial score (nSPS) is 13.6. The van der Waals surface area contributed by atoms with Gasteiger partial charge in [-0.2, -0.15) is 0 Å². The minimum Gasteiger partial charge on any atom is -0.481 e. The van der Waals surface area contributed by atoms with Crippen molar-refractivity contribution in [2.24, 2.45) is 17.4 Å². The third kappa shape index (κ3) is 10.4. The molecule has 0 aromatic carbocycles. The molecule has 3 atom stereocenters. The van der Waals surface area contributed by atoms with Gasteiger partial charge in [0.2, 0.25) is 23.6 Å². The maximum atomic E-state index is 12.6. The first-order valence-corrected chi connectivity index (χ1v) is 9.22. The molecule has 0 aliphatic rings. The van der Waals surface area contributed by atoms with Crippen molar-refractivity contribution in [3.8, 4) is 0 Å². The van der Waals surface area contributed by atoms with Crippen LogP contribution in [0.15, 0.2) is 0 Å². The van der Waals surface area contributed by atoms with Crippen molar-refractivity contribution in [3.05, 3.63) is 0 Å². The third-order valence-corrected chi connectivity index (χ3v) is 4.02. The van der Waals surface area contributed by atoms with E-state index in [0.717, 1.165) is 0 Å². The van der Waals surface area contributed by atoms with Crippen LogP contribution in [0, 0.1) is 5.92 Å². The average molecular weight is 431 g/mol. The van der Waals surface area contributed by atoms with Gasteiger partial charge in [0.05, 0.1) is 6.54 Å². The van der Waals surface area contributed by atoms with Crippen LogP contribution in [-0.4, -0.2) is 70.5 Å². The van der Waals surface area contributed by atoms with E-state index < -0.39 is 72.6 Å². The average Bonchev–Trinajstić information content (AvgIpc) is 2.64. The first-order chi connectivity index (χ1) is 13.9. The third-order valence-electron chi connectivity index (χ3n) is 4.02. The van der Waals surface area contributed by atoms with Crippen molar-refractivity contribution >= 4 is 35.6 Å². The highest BCUT2D eigenvalue weighted by atomic mass is 16.4. The van der Waals surface area contributed by atoms with Crippen LogP contribution < -0.4 is 27.4 Å². The van der Waals surface area contributed by atoms with Gasteiger partial charge in [0.25, 0.3) is 0 Å². The summed E-state index contributed by atoms with van der Waals surface area (Å²) in [5.41, 5.74) is 10.3. The predicted octanol–water partition coefficient (Wildman–Crippen LogP) is -2.73. The van der Waals surface area contributed by atoms with Crippen molar-refractivity contribution in [2.75, 3.05) is 6.54 Å². The summed E-state index contributed by atoms with van der Waals surface area (Å²) in [6, 6.07) is -3.84. The molecule has 0 radical (unpaired) electrons. The van der Waals surface area contributed by atoms with Crippen LogP contribution in [0.1, 0.15) is 39.5 Å². The van der Waals surface area contributed by atoms with E-state index in [0.29, 0.717) is 0 Å². The van der Waals surface area contributed by atoms with Crippen molar-refractivity contribution in [1.82, 2.24) is 16.0 Å². The van der Waals surface area contributed by atoms with Crippen molar-refractivity contribution in [3.63, 3.8) is 0 Å². The molecule has 0 fully saturated rings. The van der Waals surface area contributed by atoms with E-state index in [9.17, 15) is 33.9 Å². The summed E-state index contributed by atoms with van der Waals surface area (Å²) in [5, 5.41) is 24.8. The molecule has 0 saturated heterocycles. The highest BCUT2D eigenvalue weighted by Crippen LogP contribution is 2.07. The summed E-state index contributed by atoms with van der Waals surface area (Å²) in [6.45, 7) is 2.78. The van der Waals surface area contributed by atoms with Gasteiger partial charge in [0.15, 0.2) is 0 Å². The fourth-order valence-electron chi connectivity index (χ4n) is 2.38. The molecule has 30 heavy (non-hydrogen) atoms. The summed E-state index contributed by atoms with van der Waals surface area (Å²) in [5.74, 6) is -6.12. The van der Waals surface area contributed by atoms with Crippen molar-refractivity contribution in [1.29, 1.82) is 0 Å². The zero-order chi connectivity index (χ0) is 23.4. The number of amides is 4. The van der Waals surface area contributed by atoms with E-state index in [1.807, 2.05) is 0 Å². The number of aliphatic carboxylic acids is 2. The number of nitrogens with one attached hydrogen (secondary N) is 3. The fourth-order valence-corrected chi connectivity index (χ4v) is 2.38. The Hall–Kier alpha value is -3.22. The minimum absolute atomic E-state index is 0.129. The van der Waals surface area contributed by atoms with Crippen LogP contribution in [0.4, 0.5) is 0 Å². The maximum absolute atomic E-state index is 12.6. The zero-order valence-electron chi connectivity index (χ0n) is 16.8. The van der Waals surface area contributed by atoms with Gasteiger partial charge in [0, 0.05) is 12.8 Å². The molecule has 13 nitrogen and oxygen atoms in total. The molecule has 0 bridgehead atoms. The summed E-state index contributed by atoms with van der Waals surface area (Å²) in [4.78, 5) is 69.6. The number of carboxylic acids is 2. The van der Waals surface area contributed by atoms with E-state index in [1.54, 1.807) is 13.8 Å². The smallest absolute Gasteiger partial charge is 0.326 e. The van der Waals surface area contributed by atoms with E-state index in [4.69, 9.17) is 16.6 Å². The van der Waals surface area contributed by atoms with E-state index in [-0.39, 0.29) is 19.3 Å². The SMILES string of the molecule is CC(C)C(NC(=O)C(CCC(N)=O)NC(=O)CN)C(=O)NC(CCC(=O)O)C(=O)O. The Morgan fingerprint density at radius 3 is 1.83 bits per heavy atom. The number of hydrogen-bond donors (Lipinski definition) is 7. The molecule has 9 N–H and O–H groups in total.